The van der Waals surface area contributed by atoms with Gasteiger partial charge in [0.25, 0.3) is 0 Å². The minimum Gasteiger partial charge on any atom is -0.479 e. The van der Waals surface area contributed by atoms with Crippen LogP contribution in [-0.2, 0) is 19.1 Å². The Labute approximate surface area is 146 Å². The van der Waals surface area contributed by atoms with E-state index < -0.39 is 29.1 Å². The summed E-state index contributed by atoms with van der Waals surface area (Å²) in [5.41, 5.74) is -2.33. The summed E-state index contributed by atoms with van der Waals surface area (Å²) in [6.45, 7) is 5.42. The zero-order valence-corrected chi connectivity index (χ0v) is 15.0. The average molecular weight is 355 g/mol. The minimum atomic E-state index is -1.58. The van der Waals surface area contributed by atoms with Gasteiger partial charge in [0, 0.05) is 33.0 Å². The van der Waals surface area contributed by atoms with Crippen molar-refractivity contribution in [2.75, 3.05) is 26.7 Å². The number of hydrogen-bond donors (Lipinski definition) is 2. The minimum absolute atomic E-state index is 0.0871. The highest BCUT2D eigenvalue weighted by Crippen LogP contribution is 2.27. The average Bonchev–Trinajstić information content (AvgIpc) is 3.02. The predicted octanol–water partition coefficient (Wildman–Crippen LogP) is 0.0451. The summed E-state index contributed by atoms with van der Waals surface area (Å²) in [5.74, 6) is -2.04. The quantitative estimate of drug-likeness (QED) is 0.739. The van der Waals surface area contributed by atoms with Crippen LogP contribution >= 0.6 is 0 Å². The van der Waals surface area contributed by atoms with E-state index in [0.717, 1.165) is 0 Å². The third-order valence-corrected chi connectivity index (χ3v) is 4.42. The van der Waals surface area contributed by atoms with E-state index in [9.17, 15) is 24.3 Å². The topological polar surface area (TPSA) is 116 Å². The number of likely N-dealkylation sites (tertiary alicyclic amines) is 2. The molecule has 2 N–H and O–H groups in total. The number of hydrogen-bond acceptors (Lipinski definition) is 5. The number of aliphatic carboxylic acids is 1. The lowest BCUT2D eigenvalue weighted by atomic mass is 9.99. The monoisotopic (exact) mass is 355 g/mol. The molecule has 2 aliphatic rings. The first-order valence-electron chi connectivity index (χ1n) is 8.21. The van der Waals surface area contributed by atoms with Crippen molar-refractivity contribution in [2.45, 2.75) is 44.8 Å². The molecule has 0 aromatic rings. The fourth-order valence-electron chi connectivity index (χ4n) is 3.11. The molecule has 2 saturated heterocycles. The molecule has 0 spiro atoms. The Morgan fingerprint density at radius 2 is 1.96 bits per heavy atom. The maximum absolute atomic E-state index is 12.6. The number of ether oxygens (including phenoxy) is 1. The van der Waals surface area contributed by atoms with Crippen molar-refractivity contribution in [3.8, 4) is 0 Å². The van der Waals surface area contributed by atoms with E-state index >= 15 is 0 Å². The largest absolute Gasteiger partial charge is 0.479 e. The van der Waals surface area contributed by atoms with Crippen LogP contribution in [0, 0.1) is 5.92 Å². The lowest BCUT2D eigenvalue weighted by Crippen LogP contribution is -2.57. The van der Waals surface area contributed by atoms with E-state index in [4.69, 9.17) is 4.74 Å². The van der Waals surface area contributed by atoms with E-state index in [1.807, 2.05) is 0 Å². The van der Waals surface area contributed by atoms with Gasteiger partial charge in [-0.15, -0.1) is 0 Å². The second-order valence-corrected chi connectivity index (χ2v) is 7.70. The van der Waals surface area contributed by atoms with Gasteiger partial charge in [-0.05, 0) is 20.8 Å². The van der Waals surface area contributed by atoms with Gasteiger partial charge in [0.2, 0.25) is 11.8 Å². The third-order valence-electron chi connectivity index (χ3n) is 4.42. The van der Waals surface area contributed by atoms with Crippen LogP contribution in [0.15, 0.2) is 0 Å². The molecule has 0 aromatic heterocycles. The molecule has 3 amide bonds. The maximum atomic E-state index is 12.6. The van der Waals surface area contributed by atoms with Crippen molar-refractivity contribution in [1.29, 1.82) is 0 Å². The number of carbonyl (C=O) groups is 4. The summed E-state index contributed by atoms with van der Waals surface area (Å²) in [5, 5.41) is 12.0. The van der Waals surface area contributed by atoms with Crippen LogP contribution < -0.4 is 5.32 Å². The number of amides is 3. The number of carbonyl (C=O) groups excluding carboxylic acids is 3. The summed E-state index contributed by atoms with van der Waals surface area (Å²) in [4.78, 5) is 50.8. The van der Waals surface area contributed by atoms with Gasteiger partial charge in [0.05, 0.1) is 12.5 Å². The van der Waals surface area contributed by atoms with Gasteiger partial charge in [-0.2, -0.15) is 0 Å². The lowest BCUT2D eigenvalue weighted by Gasteiger charge is -2.28. The van der Waals surface area contributed by atoms with Gasteiger partial charge in [0.1, 0.15) is 5.60 Å². The van der Waals surface area contributed by atoms with E-state index in [2.05, 4.69) is 5.32 Å². The molecule has 2 rings (SSSR count). The second kappa shape index (κ2) is 6.53. The Kier molecular flexibility index (Phi) is 4.97. The maximum Gasteiger partial charge on any atom is 0.408 e. The van der Waals surface area contributed by atoms with E-state index in [1.54, 1.807) is 27.8 Å². The molecule has 0 bridgehead atoms. The fraction of sp³-hybridized carbons (Fsp3) is 0.750. The molecule has 2 fully saturated rings. The highest BCUT2D eigenvalue weighted by molar-refractivity contribution is 5.91. The van der Waals surface area contributed by atoms with Crippen LogP contribution in [0.3, 0.4) is 0 Å². The Morgan fingerprint density at radius 1 is 1.32 bits per heavy atom. The molecule has 9 nitrogen and oxygen atoms in total. The highest BCUT2D eigenvalue weighted by Gasteiger charge is 2.49. The molecule has 2 unspecified atom stereocenters. The number of carboxylic acid groups (broad SMARTS) is 1. The molecule has 2 heterocycles. The van der Waals surface area contributed by atoms with Crippen molar-refractivity contribution in [3.63, 3.8) is 0 Å². The molecule has 2 atom stereocenters. The van der Waals surface area contributed by atoms with Crippen LogP contribution in [0.4, 0.5) is 4.79 Å². The van der Waals surface area contributed by atoms with Gasteiger partial charge in [-0.25, -0.2) is 9.59 Å². The molecule has 0 aliphatic carbocycles. The molecular weight excluding hydrogens is 330 g/mol. The number of nitrogens with one attached hydrogen (secondary N) is 1. The Bertz CT molecular complexity index is 599. The SMILES string of the molecule is CN1CC(C(=O)N2CCC(NC(=O)OC(C)(C)C)(C(=O)O)C2)CC1=O. The normalized spacial score (nSPS) is 26.7. The Hall–Kier alpha value is -2.32. The lowest BCUT2D eigenvalue weighted by molar-refractivity contribution is -0.145. The van der Waals surface area contributed by atoms with Gasteiger partial charge in [-0.1, -0.05) is 0 Å². The summed E-state index contributed by atoms with van der Waals surface area (Å²) >= 11 is 0. The van der Waals surface area contributed by atoms with Crippen molar-refractivity contribution >= 4 is 23.9 Å². The number of rotatable bonds is 3. The number of alkyl carbamates (subject to hydrolysis) is 1. The summed E-state index contributed by atoms with van der Waals surface area (Å²) < 4.78 is 5.13. The number of carboxylic acids is 1. The van der Waals surface area contributed by atoms with E-state index in [1.165, 1.54) is 9.80 Å². The first-order chi connectivity index (χ1) is 11.4. The highest BCUT2D eigenvalue weighted by atomic mass is 16.6. The summed E-state index contributed by atoms with van der Waals surface area (Å²) in [7, 11) is 1.63. The zero-order valence-electron chi connectivity index (χ0n) is 15.0. The molecule has 9 heteroatoms. The fourth-order valence-corrected chi connectivity index (χ4v) is 3.11. The molecule has 25 heavy (non-hydrogen) atoms. The second-order valence-electron chi connectivity index (χ2n) is 7.70. The van der Waals surface area contributed by atoms with Gasteiger partial charge in [0.15, 0.2) is 5.54 Å². The summed E-state index contributed by atoms with van der Waals surface area (Å²) in [6.07, 6.45) is -0.616. The van der Waals surface area contributed by atoms with Crippen molar-refractivity contribution in [2.24, 2.45) is 5.92 Å². The van der Waals surface area contributed by atoms with Crippen molar-refractivity contribution < 1.29 is 29.0 Å². The molecule has 2 aliphatic heterocycles. The zero-order chi connectivity index (χ0) is 19.0. The van der Waals surface area contributed by atoms with Gasteiger partial charge < -0.3 is 25.0 Å². The predicted molar refractivity (Wildman–Crippen MR) is 86.7 cm³/mol. The van der Waals surface area contributed by atoms with E-state index in [-0.39, 0.29) is 37.7 Å². The van der Waals surface area contributed by atoms with Crippen LogP contribution in [0.1, 0.15) is 33.6 Å². The molecule has 0 aromatic carbocycles. The van der Waals surface area contributed by atoms with Crippen LogP contribution in [0.2, 0.25) is 0 Å². The molecule has 140 valence electrons. The standard InChI is InChI=1S/C16H25N3O6/c1-15(2,3)25-14(24)17-16(13(22)23)5-6-19(9-16)12(21)10-7-11(20)18(4)8-10/h10H,5-9H2,1-4H3,(H,17,24)(H,22,23). The van der Waals surface area contributed by atoms with Crippen LogP contribution in [-0.4, -0.2) is 76.6 Å². The van der Waals surface area contributed by atoms with Gasteiger partial charge in [-0.3, -0.25) is 9.59 Å². The smallest absolute Gasteiger partial charge is 0.408 e. The molecular formula is C16H25N3O6. The van der Waals surface area contributed by atoms with Crippen LogP contribution in [0.25, 0.3) is 0 Å². The van der Waals surface area contributed by atoms with E-state index in [0.29, 0.717) is 6.54 Å². The molecule has 0 saturated carbocycles. The molecule has 0 radical (unpaired) electrons. The van der Waals surface area contributed by atoms with Crippen molar-refractivity contribution in [3.05, 3.63) is 0 Å². The summed E-state index contributed by atoms with van der Waals surface area (Å²) in [6, 6.07) is 0. The Balaban J connectivity index is 2.05. The Morgan fingerprint density at radius 3 is 2.44 bits per heavy atom. The van der Waals surface area contributed by atoms with Crippen molar-refractivity contribution in [1.82, 2.24) is 15.1 Å². The third kappa shape index (κ3) is 4.21. The first kappa shape index (κ1) is 19.0. The van der Waals surface area contributed by atoms with Gasteiger partial charge >= 0.3 is 12.1 Å². The number of nitrogens with zero attached hydrogens (tertiary/aromatic N) is 2. The van der Waals surface area contributed by atoms with Crippen LogP contribution in [0.5, 0.6) is 0 Å². The first-order valence-corrected chi connectivity index (χ1v) is 8.21.